The topological polar surface area (TPSA) is 109 Å². The van der Waals surface area contributed by atoms with E-state index in [0.29, 0.717) is 23.2 Å². The summed E-state index contributed by atoms with van der Waals surface area (Å²) in [5.74, 6) is 1.09. The SMILES string of the molecule is CC(Nc1nc(Cl)nnc1Cl)c1cc2cc(C3CC3)cc(N3CC(=O)N(C)C3=O)n2n1. The number of pyridine rings is 1. The van der Waals surface area contributed by atoms with Crippen LogP contribution in [0.1, 0.15) is 43.0 Å². The minimum atomic E-state index is -0.365. The number of nitrogens with zero attached hydrogens (tertiary/aromatic N) is 7. The highest BCUT2D eigenvalue weighted by molar-refractivity contribution is 6.32. The Balaban J connectivity index is 1.55. The molecule has 0 aromatic carbocycles. The minimum Gasteiger partial charge on any atom is -0.359 e. The number of anilines is 2. The third-order valence-corrected chi connectivity index (χ3v) is 5.93. The molecule has 1 saturated carbocycles. The van der Waals surface area contributed by atoms with Gasteiger partial charge in [-0.2, -0.15) is 10.1 Å². The van der Waals surface area contributed by atoms with Crippen LogP contribution in [-0.4, -0.2) is 55.2 Å². The molecule has 3 aromatic heterocycles. The number of carbonyl (C=O) groups excluding carboxylic acids is 2. The van der Waals surface area contributed by atoms with Gasteiger partial charge in [0.1, 0.15) is 12.4 Å². The predicted molar refractivity (Wildman–Crippen MR) is 115 cm³/mol. The molecule has 12 heteroatoms. The summed E-state index contributed by atoms with van der Waals surface area (Å²) in [6.45, 7) is 1.89. The maximum atomic E-state index is 12.6. The van der Waals surface area contributed by atoms with Crippen LogP contribution in [0.25, 0.3) is 5.52 Å². The second-order valence-electron chi connectivity index (χ2n) is 7.73. The van der Waals surface area contributed by atoms with Gasteiger partial charge in [0.2, 0.25) is 5.28 Å². The molecule has 0 spiro atoms. The largest absolute Gasteiger partial charge is 0.359 e. The zero-order valence-electron chi connectivity index (χ0n) is 16.7. The third-order valence-electron chi connectivity index (χ3n) is 5.51. The summed E-state index contributed by atoms with van der Waals surface area (Å²) < 4.78 is 1.69. The number of carbonyl (C=O) groups is 2. The fraction of sp³-hybridized carbons (Fsp3) is 0.368. The highest BCUT2D eigenvalue weighted by Gasteiger charge is 2.36. The zero-order valence-corrected chi connectivity index (χ0v) is 18.2. The van der Waals surface area contributed by atoms with Gasteiger partial charge in [-0.25, -0.2) is 9.31 Å². The van der Waals surface area contributed by atoms with Gasteiger partial charge in [-0.1, -0.05) is 11.6 Å². The van der Waals surface area contributed by atoms with E-state index in [1.807, 2.05) is 19.1 Å². The van der Waals surface area contributed by atoms with E-state index in [0.717, 1.165) is 28.8 Å². The van der Waals surface area contributed by atoms with E-state index in [1.165, 1.54) is 11.9 Å². The predicted octanol–water partition coefficient (Wildman–Crippen LogP) is 3.28. The molecule has 2 fully saturated rings. The van der Waals surface area contributed by atoms with Crippen molar-refractivity contribution < 1.29 is 9.59 Å². The van der Waals surface area contributed by atoms with Crippen molar-refractivity contribution in [3.63, 3.8) is 0 Å². The molecular formula is C19H18Cl2N8O2. The van der Waals surface area contributed by atoms with Gasteiger partial charge in [-0.05, 0) is 61.0 Å². The Morgan fingerprint density at radius 1 is 1.16 bits per heavy atom. The first-order valence-electron chi connectivity index (χ1n) is 9.75. The Hall–Kier alpha value is -2.98. The molecule has 5 rings (SSSR count). The molecule has 0 bridgehead atoms. The van der Waals surface area contributed by atoms with Crippen molar-refractivity contribution in [2.45, 2.75) is 31.7 Å². The van der Waals surface area contributed by atoms with E-state index in [4.69, 9.17) is 28.3 Å². The lowest BCUT2D eigenvalue weighted by Gasteiger charge is -2.17. The lowest BCUT2D eigenvalue weighted by Crippen LogP contribution is -2.31. The average Bonchev–Trinajstić information content (AvgIpc) is 3.45. The minimum absolute atomic E-state index is 0.0116. The van der Waals surface area contributed by atoms with Crippen LogP contribution in [0.3, 0.4) is 0 Å². The molecule has 3 amide bonds. The van der Waals surface area contributed by atoms with Gasteiger partial charge in [0.15, 0.2) is 11.0 Å². The summed E-state index contributed by atoms with van der Waals surface area (Å²) in [6.07, 6.45) is 2.22. The van der Waals surface area contributed by atoms with Crippen molar-refractivity contribution in [1.82, 2.24) is 29.7 Å². The molecular weight excluding hydrogens is 443 g/mol. The van der Waals surface area contributed by atoms with Crippen LogP contribution in [0.2, 0.25) is 10.4 Å². The maximum absolute atomic E-state index is 12.6. The summed E-state index contributed by atoms with van der Waals surface area (Å²) in [5, 5.41) is 15.3. The standard InChI is InChI=1S/C19H18Cl2N8O2/c1-9(22-17-16(20)24-25-18(21)23-17)13-7-12-5-11(10-3-4-10)6-14(29(12)26-13)28-8-15(30)27(2)19(28)31/h5-7,9-10H,3-4,8H2,1-2H3,(H,22,23,25). The number of urea groups is 1. The van der Waals surface area contributed by atoms with E-state index < -0.39 is 0 Å². The number of hydrogen-bond acceptors (Lipinski definition) is 7. The van der Waals surface area contributed by atoms with E-state index >= 15 is 0 Å². The number of halogens is 2. The van der Waals surface area contributed by atoms with Crippen molar-refractivity contribution in [1.29, 1.82) is 0 Å². The van der Waals surface area contributed by atoms with E-state index in [1.54, 1.807) is 4.52 Å². The fourth-order valence-electron chi connectivity index (χ4n) is 3.62. The van der Waals surface area contributed by atoms with Crippen molar-refractivity contribution >= 4 is 52.3 Å². The lowest BCUT2D eigenvalue weighted by atomic mass is 10.1. The number of likely N-dealkylation sites (N-methyl/N-ethyl adjacent to an activating group) is 1. The second kappa shape index (κ2) is 7.31. The van der Waals surface area contributed by atoms with Crippen molar-refractivity contribution in [2.75, 3.05) is 23.8 Å². The molecule has 1 N–H and O–H groups in total. The van der Waals surface area contributed by atoms with E-state index in [2.05, 4.69) is 26.6 Å². The molecule has 1 aliphatic carbocycles. The number of nitrogens with one attached hydrogen (secondary N) is 1. The van der Waals surface area contributed by atoms with Crippen LogP contribution in [0.4, 0.5) is 16.4 Å². The normalized spacial score (nSPS) is 17.7. The van der Waals surface area contributed by atoms with E-state index in [9.17, 15) is 9.59 Å². The first-order chi connectivity index (χ1) is 14.8. The molecule has 31 heavy (non-hydrogen) atoms. The van der Waals surface area contributed by atoms with Crippen molar-refractivity contribution in [3.8, 4) is 0 Å². The van der Waals surface area contributed by atoms with Crippen LogP contribution < -0.4 is 10.2 Å². The van der Waals surface area contributed by atoms with Gasteiger partial charge in [0, 0.05) is 7.05 Å². The fourth-order valence-corrected chi connectivity index (χ4v) is 3.88. The lowest BCUT2D eigenvalue weighted by molar-refractivity contribution is -0.123. The molecule has 1 saturated heterocycles. The Morgan fingerprint density at radius 3 is 2.61 bits per heavy atom. The van der Waals surface area contributed by atoms with Crippen LogP contribution in [0.15, 0.2) is 18.2 Å². The summed E-state index contributed by atoms with van der Waals surface area (Å²) in [7, 11) is 1.48. The Kier molecular flexibility index (Phi) is 4.71. The number of amides is 3. The van der Waals surface area contributed by atoms with Crippen LogP contribution in [-0.2, 0) is 4.79 Å². The molecule has 1 atom stereocenters. The quantitative estimate of drug-likeness (QED) is 0.581. The summed E-state index contributed by atoms with van der Waals surface area (Å²) in [6, 6.07) is 5.31. The summed E-state index contributed by atoms with van der Waals surface area (Å²) in [5.41, 5.74) is 2.67. The maximum Gasteiger partial charge on any atom is 0.332 e. The molecule has 160 valence electrons. The molecule has 0 radical (unpaired) electrons. The smallest absolute Gasteiger partial charge is 0.332 e. The first-order valence-corrected chi connectivity index (χ1v) is 10.5. The number of rotatable bonds is 5. The first kappa shape index (κ1) is 20.0. The van der Waals surface area contributed by atoms with Crippen molar-refractivity contribution in [3.05, 3.63) is 39.9 Å². The average molecular weight is 461 g/mol. The zero-order chi connectivity index (χ0) is 21.9. The number of imide groups is 1. The number of hydrogen-bond donors (Lipinski definition) is 1. The van der Waals surface area contributed by atoms with Crippen molar-refractivity contribution in [2.24, 2.45) is 0 Å². The van der Waals surface area contributed by atoms with Crippen LogP contribution in [0.5, 0.6) is 0 Å². The molecule has 3 aromatic rings. The van der Waals surface area contributed by atoms with Crippen LogP contribution >= 0.6 is 23.2 Å². The van der Waals surface area contributed by atoms with E-state index in [-0.39, 0.29) is 35.0 Å². The third kappa shape index (κ3) is 3.55. The number of aromatic nitrogens is 5. The van der Waals surface area contributed by atoms with Crippen LogP contribution in [0, 0.1) is 0 Å². The van der Waals surface area contributed by atoms with Gasteiger partial charge in [0.25, 0.3) is 5.91 Å². The molecule has 4 heterocycles. The monoisotopic (exact) mass is 460 g/mol. The molecule has 1 aliphatic heterocycles. The Bertz CT molecular complexity index is 1230. The Labute approximate surface area is 187 Å². The van der Waals surface area contributed by atoms with Gasteiger partial charge < -0.3 is 5.32 Å². The van der Waals surface area contributed by atoms with Gasteiger partial charge >= 0.3 is 6.03 Å². The second-order valence-corrected chi connectivity index (χ2v) is 8.43. The van der Waals surface area contributed by atoms with Gasteiger partial charge in [-0.3, -0.25) is 14.6 Å². The molecule has 1 unspecified atom stereocenters. The van der Waals surface area contributed by atoms with Gasteiger partial charge in [-0.15, -0.1) is 10.2 Å². The molecule has 2 aliphatic rings. The summed E-state index contributed by atoms with van der Waals surface area (Å²) in [4.78, 5) is 31.4. The Morgan fingerprint density at radius 2 is 1.94 bits per heavy atom. The highest BCUT2D eigenvalue weighted by Crippen LogP contribution is 2.42. The summed E-state index contributed by atoms with van der Waals surface area (Å²) >= 11 is 11.9. The number of fused-ring (bicyclic) bond motifs is 1. The van der Waals surface area contributed by atoms with Gasteiger partial charge in [0.05, 0.1) is 17.3 Å². The highest BCUT2D eigenvalue weighted by atomic mass is 35.5. The molecule has 10 nitrogen and oxygen atoms in total.